The Balaban J connectivity index is 1.35. The first-order valence-electron chi connectivity index (χ1n) is 13.5. The molecule has 2 aliphatic rings. The molecule has 2 N–H and O–H groups in total. The highest BCUT2D eigenvalue weighted by Crippen LogP contribution is 2.34. The topological polar surface area (TPSA) is 151 Å². The summed E-state index contributed by atoms with van der Waals surface area (Å²) in [6.07, 6.45) is 5.17. The Morgan fingerprint density at radius 1 is 1.17 bits per heavy atom. The molecular weight excluding hydrogens is 623 g/mol. The van der Waals surface area contributed by atoms with E-state index in [0.29, 0.717) is 25.3 Å². The van der Waals surface area contributed by atoms with Gasteiger partial charge >= 0.3 is 0 Å². The Morgan fingerprint density at radius 2 is 1.98 bits per heavy atom. The Hall–Kier alpha value is -2.31. The maximum absolute atomic E-state index is 13.9. The average Bonchev–Trinajstić information content (AvgIpc) is 3.69. The van der Waals surface area contributed by atoms with E-state index in [9.17, 15) is 21.6 Å². The van der Waals surface area contributed by atoms with Gasteiger partial charge in [-0.3, -0.25) is 4.79 Å². The number of hydrogen-bond acceptors (Lipinski definition) is 10. The lowest BCUT2D eigenvalue weighted by molar-refractivity contribution is -0.202. The van der Waals surface area contributed by atoms with Gasteiger partial charge in [-0.15, -0.1) is 11.3 Å². The van der Waals surface area contributed by atoms with Gasteiger partial charge in [0.15, 0.2) is 6.29 Å². The minimum absolute atomic E-state index is 0.0564. The Kier molecular flexibility index (Phi) is 10.0. The molecule has 3 aromatic rings. The second-order valence-electron chi connectivity index (χ2n) is 10.0. The second-order valence-corrected chi connectivity index (χ2v) is 16.0. The number of carbonyl (C=O) groups excluding carboxylic acids is 1. The van der Waals surface area contributed by atoms with Crippen LogP contribution < -0.4 is 5.48 Å². The maximum Gasteiger partial charge on any atom is 0.263 e. The van der Waals surface area contributed by atoms with Gasteiger partial charge in [0, 0.05) is 61.6 Å². The van der Waals surface area contributed by atoms with Crippen LogP contribution in [-0.2, 0) is 40.8 Å². The van der Waals surface area contributed by atoms with E-state index in [-0.39, 0.29) is 29.6 Å². The van der Waals surface area contributed by atoms with Gasteiger partial charge in [-0.1, -0.05) is 30.3 Å². The lowest BCUT2D eigenvalue weighted by Gasteiger charge is -2.39. The Bertz CT molecular complexity index is 1540. The molecule has 0 aliphatic carbocycles. The molecule has 42 heavy (non-hydrogen) atoms. The third kappa shape index (κ3) is 7.42. The molecule has 0 saturated carbocycles. The molecule has 0 spiro atoms. The summed E-state index contributed by atoms with van der Waals surface area (Å²) in [6, 6.07) is 11.2. The molecule has 0 bridgehead atoms. The molecule has 2 fully saturated rings. The fraction of sp³-hybridized carbons (Fsp3) is 0.462. The van der Waals surface area contributed by atoms with E-state index in [2.05, 4.69) is 28.1 Å². The zero-order valence-corrected chi connectivity index (χ0v) is 26.0. The normalized spacial score (nSPS) is 21.6. The first kappa shape index (κ1) is 31.1. The highest BCUT2D eigenvalue weighted by Gasteiger charge is 2.44. The van der Waals surface area contributed by atoms with Crippen molar-refractivity contribution < 1.29 is 31.2 Å². The van der Waals surface area contributed by atoms with Crippen LogP contribution in [0.15, 0.2) is 59.1 Å². The number of rotatable bonds is 11. The molecule has 2 aliphatic heterocycles. The fourth-order valence-electron chi connectivity index (χ4n) is 4.86. The standard InChI is InChI=1S/C26H33N5O7S4/c32-26(29-38-24-8-4-5-15-37-24)21-17-30(41(33,34)18-20(39)16-23-27-11-12-28-23)13-14-31(21)42(35,36)25-10-9-22(40-25)19-6-2-1-3-7-19/h1-3,6-7,9-12,20-21,24,39H,4-5,8,13-18H2,(H,27,28)(H,29,32)/t20?,21-,24?/m1/s1. The molecule has 5 rings (SSSR count). The van der Waals surface area contributed by atoms with Gasteiger partial charge < -0.3 is 9.72 Å². The summed E-state index contributed by atoms with van der Waals surface area (Å²) >= 11 is 5.53. The molecule has 3 atom stereocenters. The number of carbonyl (C=O) groups is 1. The molecule has 12 nitrogen and oxygen atoms in total. The summed E-state index contributed by atoms with van der Waals surface area (Å²) in [5.41, 5.74) is 3.20. The van der Waals surface area contributed by atoms with E-state index in [1.54, 1.807) is 18.5 Å². The number of aromatic amines is 1. The van der Waals surface area contributed by atoms with Crippen molar-refractivity contribution >= 4 is 49.9 Å². The van der Waals surface area contributed by atoms with Crippen LogP contribution in [0.3, 0.4) is 0 Å². The quantitative estimate of drug-likeness (QED) is 0.210. The van der Waals surface area contributed by atoms with Crippen LogP contribution >= 0.6 is 24.0 Å². The lowest BCUT2D eigenvalue weighted by Crippen LogP contribution is -2.61. The molecule has 16 heteroatoms. The van der Waals surface area contributed by atoms with Gasteiger partial charge in [-0.05, 0) is 30.5 Å². The first-order chi connectivity index (χ1) is 20.1. The van der Waals surface area contributed by atoms with Crippen molar-refractivity contribution in [1.82, 2.24) is 24.1 Å². The number of imidazole rings is 1. The van der Waals surface area contributed by atoms with Gasteiger partial charge in [0.2, 0.25) is 10.0 Å². The van der Waals surface area contributed by atoms with Crippen molar-refractivity contribution in [1.29, 1.82) is 0 Å². The molecule has 2 aromatic heterocycles. The van der Waals surface area contributed by atoms with Crippen molar-refractivity contribution in [2.24, 2.45) is 0 Å². The molecule has 1 amide bonds. The predicted molar refractivity (Wildman–Crippen MR) is 161 cm³/mol. The molecule has 2 unspecified atom stereocenters. The zero-order valence-electron chi connectivity index (χ0n) is 22.7. The molecule has 0 radical (unpaired) electrons. The molecule has 1 aromatic carbocycles. The van der Waals surface area contributed by atoms with Crippen molar-refractivity contribution in [2.75, 3.05) is 32.0 Å². The van der Waals surface area contributed by atoms with E-state index < -0.39 is 43.5 Å². The lowest BCUT2D eigenvalue weighted by atomic mass is 10.2. The molecule has 4 heterocycles. The summed E-state index contributed by atoms with van der Waals surface area (Å²) in [5.74, 6) is -0.480. The number of nitrogens with zero attached hydrogens (tertiary/aromatic N) is 3. The van der Waals surface area contributed by atoms with Crippen molar-refractivity contribution in [3.05, 3.63) is 60.7 Å². The first-order valence-corrected chi connectivity index (χ1v) is 17.9. The minimum atomic E-state index is -4.16. The SMILES string of the molecule is O=C(NOC1CCCCO1)[C@H]1CN(S(=O)(=O)CC(S)Cc2ncc[nH]2)CCN1S(=O)(=O)c1ccc(-c2ccccc2)s1. The zero-order chi connectivity index (χ0) is 29.7. The van der Waals surface area contributed by atoms with E-state index in [0.717, 1.165) is 43.2 Å². The van der Waals surface area contributed by atoms with Gasteiger partial charge in [0.1, 0.15) is 16.1 Å². The smallest absolute Gasteiger partial charge is 0.263 e. The van der Waals surface area contributed by atoms with Crippen LogP contribution in [-0.4, -0.2) is 90.9 Å². The Morgan fingerprint density at radius 3 is 2.69 bits per heavy atom. The fourth-order valence-corrected chi connectivity index (χ4v) is 10.2. The van der Waals surface area contributed by atoms with Crippen LogP contribution in [0.1, 0.15) is 25.1 Å². The van der Waals surface area contributed by atoms with Gasteiger partial charge in [0.05, 0.1) is 5.75 Å². The van der Waals surface area contributed by atoms with E-state index >= 15 is 0 Å². The number of thiophene rings is 1. The third-order valence-electron chi connectivity index (χ3n) is 7.01. The van der Waals surface area contributed by atoms with Crippen LogP contribution in [0.5, 0.6) is 0 Å². The highest BCUT2D eigenvalue weighted by atomic mass is 32.2. The van der Waals surface area contributed by atoms with Crippen LogP contribution in [0.2, 0.25) is 0 Å². The molecule has 2 saturated heterocycles. The monoisotopic (exact) mass is 655 g/mol. The predicted octanol–water partition coefficient (Wildman–Crippen LogP) is 2.26. The van der Waals surface area contributed by atoms with Crippen LogP contribution in [0, 0.1) is 0 Å². The number of benzene rings is 1. The third-order valence-corrected chi connectivity index (χ3v) is 13.1. The summed E-state index contributed by atoms with van der Waals surface area (Å²) in [7, 11) is -8.06. The number of hydrogen-bond donors (Lipinski definition) is 3. The number of thiol groups is 1. The van der Waals surface area contributed by atoms with Crippen LogP contribution in [0.4, 0.5) is 0 Å². The van der Waals surface area contributed by atoms with E-state index in [1.807, 2.05) is 30.3 Å². The van der Waals surface area contributed by atoms with Crippen LogP contribution in [0.25, 0.3) is 10.4 Å². The Labute approximate surface area is 254 Å². The number of H-pyrrole nitrogens is 1. The van der Waals surface area contributed by atoms with Gasteiger partial charge in [-0.2, -0.15) is 21.2 Å². The van der Waals surface area contributed by atoms with E-state index in [1.165, 1.54) is 6.07 Å². The van der Waals surface area contributed by atoms with Crippen molar-refractivity contribution in [3.8, 4) is 10.4 Å². The number of sulfonamides is 2. The van der Waals surface area contributed by atoms with Crippen molar-refractivity contribution in [2.45, 2.75) is 47.5 Å². The molecular formula is C26H33N5O7S4. The number of aromatic nitrogens is 2. The summed E-state index contributed by atoms with van der Waals surface area (Å²) in [6.45, 7) is -0.217. The van der Waals surface area contributed by atoms with Gasteiger partial charge in [-0.25, -0.2) is 32.1 Å². The minimum Gasteiger partial charge on any atom is -0.350 e. The number of nitrogens with one attached hydrogen (secondary N) is 2. The summed E-state index contributed by atoms with van der Waals surface area (Å²) < 4.78 is 62.3. The number of ether oxygens (including phenoxy) is 1. The average molecular weight is 656 g/mol. The second kappa shape index (κ2) is 13.5. The summed E-state index contributed by atoms with van der Waals surface area (Å²) in [5, 5.41) is -0.565. The maximum atomic E-state index is 13.9. The van der Waals surface area contributed by atoms with Gasteiger partial charge in [0.25, 0.3) is 15.9 Å². The molecule has 228 valence electrons. The van der Waals surface area contributed by atoms with Crippen molar-refractivity contribution in [3.63, 3.8) is 0 Å². The number of amides is 1. The largest absolute Gasteiger partial charge is 0.350 e. The van der Waals surface area contributed by atoms with E-state index in [4.69, 9.17) is 9.57 Å². The highest BCUT2D eigenvalue weighted by molar-refractivity contribution is 7.91. The number of piperazine rings is 1. The summed E-state index contributed by atoms with van der Waals surface area (Å²) in [4.78, 5) is 26.7. The number of hydroxylamine groups is 1.